The molecule has 0 aliphatic rings. The van der Waals surface area contributed by atoms with Crippen LogP contribution in [0.15, 0.2) is 0 Å². The minimum Gasteiger partial charge on any atom is -0.187 e. The van der Waals surface area contributed by atoms with Crippen LogP contribution >= 0.6 is 8.25 Å². The van der Waals surface area contributed by atoms with Gasteiger partial charge in [-0.2, -0.15) is 9.78 Å². The van der Waals surface area contributed by atoms with Gasteiger partial charge in [-0.05, 0) is 12.8 Å². The first-order valence-corrected chi connectivity index (χ1v) is 5.97. The molecule has 0 fully saturated rings. The molecule has 0 rings (SSSR count). The average molecular weight is 225 g/mol. The highest BCUT2D eigenvalue weighted by atomic mass is 31.1. The van der Waals surface area contributed by atoms with E-state index in [4.69, 9.17) is 0 Å². The molecule has 0 unspecified atom stereocenters. The highest BCUT2D eigenvalue weighted by Crippen LogP contribution is 2.24. The van der Waals surface area contributed by atoms with Crippen molar-refractivity contribution in [1.82, 2.24) is 0 Å². The van der Waals surface area contributed by atoms with Crippen molar-refractivity contribution in [2.45, 2.75) is 39.5 Å². The van der Waals surface area contributed by atoms with Gasteiger partial charge in [-0.25, -0.2) is 0 Å². The van der Waals surface area contributed by atoms with Crippen molar-refractivity contribution in [2.75, 3.05) is 13.2 Å². The quantitative estimate of drug-likeness (QED) is 0.247. The van der Waals surface area contributed by atoms with E-state index in [1.807, 2.05) is 13.8 Å². The largest absolute Gasteiger partial charge is 0.759 e. The summed E-state index contributed by atoms with van der Waals surface area (Å²) in [5.74, 6) is 0. The standard InChI is InChI=1S/C8H18O5P/c1-3-5-7-10-12-14(9)13-11-8-6-4-2/h3-8H2,1-2H3/q+1. The van der Waals surface area contributed by atoms with E-state index in [0.717, 1.165) is 25.7 Å². The Morgan fingerprint density at radius 3 is 1.71 bits per heavy atom. The molecule has 0 N–H and O–H groups in total. The Morgan fingerprint density at radius 1 is 0.929 bits per heavy atom. The normalized spacial score (nSPS) is 10.4. The Morgan fingerprint density at radius 2 is 1.36 bits per heavy atom. The molecule has 84 valence electrons. The molecule has 14 heavy (non-hydrogen) atoms. The molecule has 0 aliphatic heterocycles. The van der Waals surface area contributed by atoms with Crippen LogP contribution in [0.2, 0.25) is 0 Å². The summed E-state index contributed by atoms with van der Waals surface area (Å²) in [6, 6.07) is 0. The predicted molar refractivity (Wildman–Crippen MR) is 51.5 cm³/mol. The Labute approximate surface area is 85.5 Å². The van der Waals surface area contributed by atoms with E-state index < -0.39 is 8.25 Å². The fourth-order valence-corrected chi connectivity index (χ4v) is 0.926. The molecule has 6 heteroatoms. The highest BCUT2D eigenvalue weighted by Gasteiger charge is 2.23. The summed E-state index contributed by atoms with van der Waals surface area (Å²) in [5, 5.41) is 0. The molecular weight excluding hydrogens is 207 g/mol. The second-order valence-corrected chi connectivity index (χ2v) is 3.47. The highest BCUT2D eigenvalue weighted by molar-refractivity contribution is 7.32. The third kappa shape index (κ3) is 10.0. The van der Waals surface area contributed by atoms with E-state index in [1.54, 1.807) is 0 Å². The van der Waals surface area contributed by atoms with Gasteiger partial charge in [0.1, 0.15) is 0 Å². The number of hydrogen-bond acceptors (Lipinski definition) is 5. The lowest BCUT2D eigenvalue weighted by atomic mass is 10.4. The maximum absolute atomic E-state index is 10.8. The van der Waals surface area contributed by atoms with Gasteiger partial charge < -0.3 is 0 Å². The molecule has 0 spiro atoms. The fraction of sp³-hybridized carbons (Fsp3) is 1.00. The summed E-state index contributed by atoms with van der Waals surface area (Å²) in [6.45, 7) is 4.87. The fourth-order valence-electron chi connectivity index (χ4n) is 0.580. The van der Waals surface area contributed by atoms with Gasteiger partial charge in [0.05, 0.1) is 22.6 Å². The summed E-state index contributed by atoms with van der Waals surface area (Å²) in [5.41, 5.74) is 0. The van der Waals surface area contributed by atoms with Crippen LogP contribution in [0.5, 0.6) is 0 Å². The zero-order chi connectivity index (χ0) is 10.6. The van der Waals surface area contributed by atoms with E-state index >= 15 is 0 Å². The Bertz CT molecular complexity index is 128. The minimum absolute atomic E-state index is 0.413. The topological polar surface area (TPSA) is 54.0 Å². The Hall–Kier alpha value is -0.0600. The summed E-state index contributed by atoms with van der Waals surface area (Å²) >= 11 is 0. The van der Waals surface area contributed by atoms with E-state index in [-0.39, 0.29) is 0 Å². The van der Waals surface area contributed by atoms with Crippen LogP contribution in [-0.2, 0) is 23.7 Å². The molecule has 0 bridgehead atoms. The molecule has 0 aromatic heterocycles. The van der Waals surface area contributed by atoms with Crippen LogP contribution in [-0.4, -0.2) is 13.2 Å². The van der Waals surface area contributed by atoms with Gasteiger partial charge in [-0.15, -0.1) is 0 Å². The van der Waals surface area contributed by atoms with Crippen LogP contribution in [0.25, 0.3) is 0 Å². The van der Waals surface area contributed by atoms with E-state index in [1.165, 1.54) is 0 Å². The Kier molecular flexibility index (Phi) is 11.0. The number of rotatable bonds is 10. The first-order chi connectivity index (χ1) is 6.81. The molecule has 0 aromatic carbocycles. The molecule has 0 radical (unpaired) electrons. The zero-order valence-electron chi connectivity index (χ0n) is 8.73. The average Bonchev–Trinajstić information content (AvgIpc) is 2.19. The maximum atomic E-state index is 10.8. The summed E-state index contributed by atoms with van der Waals surface area (Å²) in [6.07, 6.45) is 3.71. The van der Waals surface area contributed by atoms with Gasteiger partial charge in [0.25, 0.3) is 0 Å². The lowest BCUT2D eigenvalue weighted by Crippen LogP contribution is -1.94. The molecule has 0 atom stereocenters. The van der Waals surface area contributed by atoms with Crippen LogP contribution in [0.4, 0.5) is 0 Å². The van der Waals surface area contributed by atoms with Crippen molar-refractivity contribution >= 4 is 8.25 Å². The van der Waals surface area contributed by atoms with E-state index in [9.17, 15) is 4.57 Å². The minimum atomic E-state index is -2.31. The smallest absolute Gasteiger partial charge is 0.187 e. The van der Waals surface area contributed by atoms with Gasteiger partial charge in [0.15, 0.2) is 0 Å². The van der Waals surface area contributed by atoms with E-state index in [2.05, 4.69) is 19.1 Å². The molecule has 0 heterocycles. The van der Waals surface area contributed by atoms with Crippen LogP contribution in [0.1, 0.15) is 39.5 Å². The molecule has 0 aliphatic carbocycles. The summed E-state index contributed by atoms with van der Waals surface area (Å²) in [7, 11) is -2.31. The molecule has 5 nitrogen and oxygen atoms in total. The third-order valence-electron chi connectivity index (χ3n) is 1.39. The van der Waals surface area contributed by atoms with Gasteiger partial charge in [-0.3, -0.25) is 0 Å². The van der Waals surface area contributed by atoms with Crippen molar-refractivity contribution in [2.24, 2.45) is 0 Å². The van der Waals surface area contributed by atoms with Crippen LogP contribution < -0.4 is 0 Å². The Balaban J connectivity index is 3.11. The lowest BCUT2D eigenvalue weighted by Gasteiger charge is -1.92. The second-order valence-electron chi connectivity index (χ2n) is 2.72. The van der Waals surface area contributed by atoms with Crippen LogP contribution in [0.3, 0.4) is 0 Å². The van der Waals surface area contributed by atoms with Gasteiger partial charge in [0.2, 0.25) is 0 Å². The van der Waals surface area contributed by atoms with Crippen molar-refractivity contribution in [3.05, 3.63) is 0 Å². The van der Waals surface area contributed by atoms with Gasteiger partial charge in [0, 0.05) is 4.57 Å². The molecule has 0 saturated carbocycles. The number of hydrogen-bond donors (Lipinski definition) is 0. The third-order valence-corrected chi connectivity index (χ3v) is 1.84. The molecule has 0 aromatic rings. The van der Waals surface area contributed by atoms with Gasteiger partial charge >= 0.3 is 8.25 Å². The first-order valence-electron chi connectivity index (χ1n) is 4.87. The maximum Gasteiger partial charge on any atom is 0.759 e. The van der Waals surface area contributed by atoms with Crippen molar-refractivity contribution in [3.8, 4) is 0 Å². The zero-order valence-corrected chi connectivity index (χ0v) is 9.63. The van der Waals surface area contributed by atoms with Crippen molar-refractivity contribution in [1.29, 1.82) is 0 Å². The summed E-state index contributed by atoms with van der Waals surface area (Å²) < 4.78 is 19.6. The number of unbranched alkanes of at least 4 members (excludes halogenated alkanes) is 2. The molecule has 0 saturated heterocycles. The second kappa shape index (κ2) is 11.0. The monoisotopic (exact) mass is 225 g/mol. The first kappa shape index (κ1) is 13.9. The lowest BCUT2D eigenvalue weighted by molar-refractivity contribution is -0.259. The van der Waals surface area contributed by atoms with Crippen molar-refractivity contribution in [3.63, 3.8) is 0 Å². The summed E-state index contributed by atoms with van der Waals surface area (Å²) in [4.78, 5) is 9.21. The predicted octanol–water partition coefficient (Wildman–Crippen LogP) is 3.14. The van der Waals surface area contributed by atoms with Gasteiger partial charge in [-0.1, -0.05) is 26.7 Å². The van der Waals surface area contributed by atoms with Crippen LogP contribution in [0, 0.1) is 0 Å². The van der Waals surface area contributed by atoms with Crippen molar-refractivity contribution < 1.29 is 23.7 Å². The van der Waals surface area contributed by atoms with E-state index in [0.29, 0.717) is 13.2 Å². The molecule has 0 amide bonds. The SMILES string of the molecule is CCCCOO[P+](=O)OOCCCC. The molecular formula is C8H18O5P+.